The van der Waals surface area contributed by atoms with Gasteiger partial charge in [0, 0.05) is 17.1 Å². The molecule has 0 unspecified atom stereocenters. The second-order valence-corrected chi connectivity index (χ2v) is 7.45. The molecule has 5 nitrogen and oxygen atoms in total. The zero-order chi connectivity index (χ0) is 19.7. The molecule has 0 radical (unpaired) electrons. The molecule has 0 atom stereocenters. The van der Waals surface area contributed by atoms with E-state index in [0.29, 0.717) is 10.0 Å². The SMILES string of the molecule is COc1cccc(OC)c1-c1nn(-c2ccc(Cl)cc2Cl)c2c1CCCCN2. The van der Waals surface area contributed by atoms with Gasteiger partial charge in [-0.2, -0.15) is 5.10 Å². The fourth-order valence-corrected chi connectivity index (χ4v) is 4.10. The van der Waals surface area contributed by atoms with Gasteiger partial charge in [-0.05, 0) is 49.6 Å². The van der Waals surface area contributed by atoms with Crippen molar-refractivity contribution in [3.8, 4) is 28.4 Å². The van der Waals surface area contributed by atoms with Gasteiger partial charge in [-0.3, -0.25) is 0 Å². The number of hydrogen-bond donors (Lipinski definition) is 1. The number of halogens is 2. The second kappa shape index (κ2) is 7.94. The lowest BCUT2D eigenvalue weighted by atomic mass is 10.0. The van der Waals surface area contributed by atoms with Gasteiger partial charge in [0.15, 0.2) is 0 Å². The Labute approximate surface area is 174 Å². The summed E-state index contributed by atoms with van der Waals surface area (Å²) in [4.78, 5) is 0. The number of rotatable bonds is 4. The highest BCUT2D eigenvalue weighted by Crippen LogP contribution is 2.43. The molecule has 0 fully saturated rings. The highest BCUT2D eigenvalue weighted by Gasteiger charge is 2.26. The van der Waals surface area contributed by atoms with Gasteiger partial charge in [0.2, 0.25) is 0 Å². The van der Waals surface area contributed by atoms with E-state index in [1.54, 1.807) is 20.3 Å². The largest absolute Gasteiger partial charge is 0.496 e. The number of fused-ring (bicyclic) bond motifs is 1. The second-order valence-electron chi connectivity index (χ2n) is 6.60. The molecule has 0 aliphatic carbocycles. The van der Waals surface area contributed by atoms with Crippen LogP contribution < -0.4 is 14.8 Å². The molecule has 146 valence electrons. The summed E-state index contributed by atoms with van der Waals surface area (Å²) >= 11 is 12.6. The first kappa shape index (κ1) is 19.0. The maximum Gasteiger partial charge on any atom is 0.133 e. The summed E-state index contributed by atoms with van der Waals surface area (Å²) in [5.74, 6) is 2.39. The number of methoxy groups -OCH3 is 2. The predicted molar refractivity (Wildman–Crippen MR) is 114 cm³/mol. The number of hydrogen-bond acceptors (Lipinski definition) is 4. The Hall–Kier alpha value is -2.37. The summed E-state index contributed by atoms with van der Waals surface area (Å²) in [7, 11) is 3.31. The first-order valence-electron chi connectivity index (χ1n) is 9.16. The summed E-state index contributed by atoms with van der Waals surface area (Å²) in [5.41, 5.74) is 3.59. The van der Waals surface area contributed by atoms with Gasteiger partial charge in [-0.25, -0.2) is 4.68 Å². The lowest BCUT2D eigenvalue weighted by Gasteiger charge is -2.12. The van der Waals surface area contributed by atoms with Crippen molar-refractivity contribution < 1.29 is 9.47 Å². The van der Waals surface area contributed by atoms with Crippen LogP contribution in [0.1, 0.15) is 18.4 Å². The molecule has 28 heavy (non-hydrogen) atoms. The van der Waals surface area contributed by atoms with Crippen molar-refractivity contribution in [2.75, 3.05) is 26.1 Å². The van der Waals surface area contributed by atoms with Crippen molar-refractivity contribution in [3.05, 3.63) is 52.0 Å². The molecule has 1 N–H and O–H groups in total. The number of aromatic nitrogens is 2. The number of anilines is 1. The summed E-state index contributed by atoms with van der Waals surface area (Å²) in [5, 5.41) is 9.61. The van der Waals surface area contributed by atoms with E-state index in [2.05, 4.69) is 5.32 Å². The van der Waals surface area contributed by atoms with E-state index in [1.165, 1.54) is 0 Å². The predicted octanol–water partition coefficient (Wildman–Crippen LogP) is 5.61. The van der Waals surface area contributed by atoms with E-state index in [0.717, 1.165) is 65.6 Å². The summed E-state index contributed by atoms with van der Waals surface area (Å²) in [6.07, 6.45) is 3.07. The molecule has 4 rings (SSSR count). The van der Waals surface area contributed by atoms with Crippen molar-refractivity contribution in [1.29, 1.82) is 0 Å². The van der Waals surface area contributed by atoms with Crippen LogP contribution in [0, 0.1) is 0 Å². The fourth-order valence-electron chi connectivity index (χ4n) is 3.62. The van der Waals surface area contributed by atoms with Crippen molar-refractivity contribution in [3.63, 3.8) is 0 Å². The van der Waals surface area contributed by atoms with Crippen LogP contribution in [0.15, 0.2) is 36.4 Å². The minimum atomic E-state index is 0.544. The Balaban J connectivity index is 1.99. The minimum absolute atomic E-state index is 0.544. The maximum atomic E-state index is 6.50. The average Bonchev–Trinajstić information content (AvgIpc) is 2.88. The van der Waals surface area contributed by atoms with Crippen LogP contribution >= 0.6 is 23.2 Å². The van der Waals surface area contributed by atoms with Crippen LogP contribution in [0.4, 0.5) is 5.82 Å². The minimum Gasteiger partial charge on any atom is -0.496 e. The quantitative estimate of drug-likeness (QED) is 0.598. The van der Waals surface area contributed by atoms with E-state index >= 15 is 0 Å². The zero-order valence-electron chi connectivity index (χ0n) is 15.8. The van der Waals surface area contributed by atoms with E-state index in [4.69, 9.17) is 37.8 Å². The van der Waals surface area contributed by atoms with Crippen LogP contribution in [-0.4, -0.2) is 30.5 Å². The van der Waals surface area contributed by atoms with Gasteiger partial charge >= 0.3 is 0 Å². The molecule has 2 aromatic carbocycles. The first-order chi connectivity index (χ1) is 13.6. The standard InChI is InChI=1S/C21H21Cl2N3O2/c1-27-17-7-5-8-18(28-2)19(17)20-14-6-3-4-11-24-21(14)26(25-20)16-10-9-13(22)12-15(16)23/h5,7-10,12,24H,3-4,6,11H2,1-2H3. The lowest BCUT2D eigenvalue weighted by Crippen LogP contribution is -2.07. The third kappa shape index (κ3) is 3.29. The molecule has 0 saturated carbocycles. The van der Waals surface area contributed by atoms with E-state index < -0.39 is 0 Å². The Kier molecular flexibility index (Phi) is 5.38. The van der Waals surface area contributed by atoms with Crippen LogP contribution in [0.5, 0.6) is 11.5 Å². The normalized spacial score (nSPS) is 13.4. The van der Waals surface area contributed by atoms with E-state index in [9.17, 15) is 0 Å². The van der Waals surface area contributed by atoms with Crippen LogP contribution in [-0.2, 0) is 6.42 Å². The van der Waals surface area contributed by atoms with E-state index in [-0.39, 0.29) is 0 Å². The molecule has 2 heterocycles. The molecule has 1 aliphatic rings. The van der Waals surface area contributed by atoms with Gasteiger partial charge in [-0.15, -0.1) is 0 Å². The molecule has 0 bridgehead atoms. The molecule has 0 saturated heterocycles. The Morgan fingerprint density at radius 3 is 2.46 bits per heavy atom. The summed E-state index contributed by atoms with van der Waals surface area (Å²) in [6.45, 7) is 0.881. The van der Waals surface area contributed by atoms with Gasteiger partial charge in [-0.1, -0.05) is 29.3 Å². The molecule has 0 spiro atoms. The van der Waals surface area contributed by atoms with Crippen LogP contribution in [0.2, 0.25) is 10.0 Å². The van der Waals surface area contributed by atoms with Gasteiger partial charge in [0.25, 0.3) is 0 Å². The van der Waals surface area contributed by atoms with Crippen molar-refractivity contribution >= 4 is 29.0 Å². The monoisotopic (exact) mass is 417 g/mol. The molecule has 3 aromatic rings. The Morgan fingerprint density at radius 2 is 1.79 bits per heavy atom. The molecule has 7 heteroatoms. The molecule has 0 amide bonds. The third-order valence-electron chi connectivity index (χ3n) is 4.93. The smallest absolute Gasteiger partial charge is 0.133 e. The average molecular weight is 418 g/mol. The van der Waals surface area contributed by atoms with Crippen molar-refractivity contribution in [2.24, 2.45) is 0 Å². The number of nitrogens with zero attached hydrogens (tertiary/aromatic N) is 2. The molecular formula is C21H21Cl2N3O2. The lowest BCUT2D eigenvalue weighted by molar-refractivity contribution is 0.397. The van der Waals surface area contributed by atoms with E-state index in [1.807, 2.05) is 35.0 Å². The van der Waals surface area contributed by atoms with Crippen LogP contribution in [0.25, 0.3) is 16.9 Å². The summed E-state index contributed by atoms with van der Waals surface area (Å²) in [6, 6.07) is 11.2. The van der Waals surface area contributed by atoms with Crippen LogP contribution in [0.3, 0.4) is 0 Å². The molecular weight excluding hydrogens is 397 g/mol. The van der Waals surface area contributed by atoms with Crippen molar-refractivity contribution in [1.82, 2.24) is 9.78 Å². The van der Waals surface area contributed by atoms with Crippen molar-refractivity contribution in [2.45, 2.75) is 19.3 Å². The highest BCUT2D eigenvalue weighted by atomic mass is 35.5. The number of nitrogens with one attached hydrogen (secondary N) is 1. The topological polar surface area (TPSA) is 48.3 Å². The van der Waals surface area contributed by atoms with Gasteiger partial charge < -0.3 is 14.8 Å². The highest BCUT2D eigenvalue weighted by molar-refractivity contribution is 6.35. The van der Waals surface area contributed by atoms with Gasteiger partial charge in [0.1, 0.15) is 23.0 Å². The van der Waals surface area contributed by atoms with Gasteiger partial charge in [0.05, 0.1) is 30.5 Å². The molecule has 1 aromatic heterocycles. The molecule has 1 aliphatic heterocycles. The first-order valence-corrected chi connectivity index (χ1v) is 9.92. The maximum absolute atomic E-state index is 6.50. The third-order valence-corrected chi connectivity index (χ3v) is 5.47. The number of ether oxygens (including phenoxy) is 2. The zero-order valence-corrected chi connectivity index (χ0v) is 17.3. The number of benzene rings is 2. The summed E-state index contributed by atoms with van der Waals surface area (Å²) < 4.78 is 13.1. The fraction of sp³-hybridized carbons (Fsp3) is 0.286. The Bertz CT molecular complexity index is 995. The Morgan fingerprint density at radius 1 is 1.04 bits per heavy atom.